The molecular formula is C81H158O17P2. The maximum atomic E-state index is 13.1. The quantitative estimate of drug-likeness (QED) is 0.0222. The van der Waals surface area contributed by atoms with Gasteiger partial charge in [-0.1, -0.05) is 375 Å². The number of carbonyl (C=O) groups excluding carboxylic acids is 4. The molecular weight excluding hydrogens is 1310 g/mol. The standard InChI is InChI=1S/C81H158O17P2/c1-7-9-11-13-15-17-19-21-23-25-27-28-30-32-34-36-38-40-46-53-59-65-80(85)97-76(69-91-78(83)63-57-51-45-39-37-35-33-31-29-26-24-22-20-18-16-14-12-10-8-2)71-95-99(87,88)93-67-75(82)68-94-100(89,90)96-72-77(98-81(86)66-60-54-48-42-44-50-56-62-74(5)6)70-92-79(84)64-58-52-47-41-43-49-55-61-73(3)4/h73-77,82H,7-72H2,1-6H3,(H,87,88)(H,89,90)/t75-,76-,77-/m1/s1. The van der Waals surface area contributed by atoms with Crippen LogP contribution in [0.4, 0.5) is 0 Å². The highest BCUT2D eigenvalue weighted by atomic mass is 31.2. The summed E-state index contributed by atoms with van der Waals surface area (Å²) in [5.74, 6) is -0.714. The number of aliphatic hydroxyl groups excluding tert-OH is 1. The van der Waals surface area contributed by atoms with Gasteiger partial charge in [-0.25, -0.2) is 9.13 Å². The number of aliphatic hydroxyl groups is 1. The molecule has 0 fully saturated rings. The Morgan fingerprint density at radius 2 is 0.460 bits per heavy atom. The van der Waals surface area contributed by atoms with Gasteiger partial charge in [0.15, 0.2) is 12.2 Å². The van der Waals surface area contributed by atoms with Crippen LogP contribution in [0.3, 0.4) is 0 Å². The van der Waals surface area contributed by atoms with Gasteiger partial charge in [0, 0.05) is 25.7 Å². The van der Waals surface area contributed by atoms with E-state index in [0.29, 0.717) is 37.5 Å². The van der Waals surface area contributed by atoms with Crippen LogP contribution in [0.5, 0.6) is 0 Å². The Kier molecular flexibility index (Phi) is 71.2. The largest absolute Gasteiger partial charge is 0.472 e. The Morgan fingerprint density at radius 1 is 0.270 bits per heavy atom. The molecule has 0 heterocycles. The molecule has 594 valence electrons. The first-order chi connectivity index (χ1) is 48.4. The third-order valence-corrected chi connectivity index (χ3v) is 20.9. The summed E-state index contributed by atoms with van der Waals surface area (Å²) in [6.07, 6.45) is 62.9. The van der Waals surface area contributed by atoms with Gasteiger partial charge >= 0.3 is 39.5 Å². The lowest BCUT2D eigenvalue weighted by Crippen LogP contribution is -2.30. The molecule has 0 spiro atoms. The Hall–Kier alpha value is -1.94. The van der Waals surface area contributed by atoms with E-state index in [9.17, 15) is 43.2 Å². The molecule has 0 aliphatic carbocycles. The fourth-order valence-electron chi connectivity index (χ4n) is 12.5. The first kappa shape index (κ1) is 98.1. The van der Waals surface area contributed by atoms with Crippen molar-refractivity contribution >= 4 is 39.5 Å². The fourth-order valence-corrected chi connectivity index (χ4v) is 14.1. The third kappa shape index (κ3) is 74.3. The molecule has 0 aliphatic heterocycles. The molecule has 0 radical (unpaired) electrons. The van der Waals surface area contributed by atoms with E-state index in [1.54, 1.807) is 0 Å². The lowest BCUT2D eigenvalue weighted by molar-refractivity contribution is -0.161. The highest BCUT2D eigenvalue weighted by Crippen LogP contribution is 2.45. The van der Waals surface area contributed by atoms with Crippen molar-refractivity contribution in [1.29, 1.82) is 0 Å². The summed E-state index contributed by atoms with van der Waals surface area (Å²) in [5.41, 5.74) is 0. The molecule has 0 aliphatic rings. The Balaban J connectivity index is 5.19. The Morgan fingerprint density at radius 3 is 0.680 bits per heavy atom. The molecule has 2 unspecified atom stereocenters. The van der Waals surface area contributed by atoms with E-state index in [4.69, 9.17) is 37.0 Å². The number of phosphoric ester groups is 2. The fraction of sp³-hybridized carbons (Fsp3) is 0.951. The minimum atomic E-state index is -4.96. The van der Waals surface area contributed by atoms with Crippen molar-refractivity contribution in [1.82, 2.24) is 0 Å². The molecule has 17 nitrogen and oxygen atoms in total. The number of unbranched alkanes of at least 4 members (excludes halogenated alkanes) is 50. The van der Waals surface area contributed by atoms with Crippen molar-refractivity contribution in [2.24, 2.45) is 11.8 Å². The van der Waals surface area contributed by atoms with E-state index in [0.717, 1.165) is 96.3 Å². The topological polar surface area (TPSA) is 237 Å². The normalized spacial score (nSPS) is 13.9. The number of hydrogen-bond acceptors (Lipinski definition) is 15. The molecule has 0 saturated heterocycles. The molecule has 0 amide bonds. The van der Waals surface area contributed by atoms with Gasteiger partial charge in [-0.15, -0.1) is 0 Å². The van der Waals surface area contributed by atoms with Crippen LogP contribution < -0.4 is 0 Å². The molecule has 100 heavy (non-hydrogen) atoms. The monoisotopic (exact) mass is 1470 g/mol. The molecule has 0 rings (SSSR count). The molecule has 0 aromatic carbocycles. The summed E-state index contributed by atoms with van der Waals surface area (Å²) in [6, 6.07) is 0. The predicted octanol–water partition coefficient (Wildman–Crippen LogP) is 24.3. The highest BCUT2D eigenvalue weighted by Gasteiger charge is 2.30. The lowest BCUT2D eigenvalue weighted by Gasteiger charge is -2.21. The van der Waals surface area contributed by atoms with Crippen LogP contribution >= 0.6 is 15.6 Å². The van der Waals surface area contributed by atoms with Crippen molar-refractivity contribution < 1.29 is 80.2 Å². The van der Waals surface area contributed by atoms with Gasteiger partial charge in [0.1, 0.15) is 19.3 Å². The van der Waals surface area contributed by atoms with Gasteiger partial charge in [-0.05, 0) is 37.5 Å². The zero-order chi connectivity index (χ0) is 73.5. The number of ether oxygens (including phenoxy) is 4. The molecule has 0 bridgehead atoms. The van der Waals surface area contributed by atoms with Gasteiger partial charge in [0.05, 0.1) is 26.4 Å². The van der Waals surface area contributed by atoms with Gasteiger partial charge in [0.25, 0.3) is 0 Å². The van der Waals surface area contributed by atoms with Gasteiger partial charge in [0.2, 0.25) is 0 Å². The first-order valence-electron chi connectivity index (χ1n) is 42.0. The minimum Gasteiger partial charge on any atom is -0.462 e. The summed E-state index contributed by atoms with van der Waals surface area (Å²) in [4.78, 5) is 72.9. The van der Waals surface area contributed by atoms with Crippen molar-refractivity contribution in [2.75, 3.05) is 39.6 Å². The van der Waals surface area contributed by atoms with E-state index >= 15 is 0 Å². The van der Waals surface area contributed by atoms with Crippen LogP contribution in [-0.4, -0.2) is 96.7 Å². The van der Waals surface area contributed by atoms with Crippen molar-refractivity contribution in [3.05, 3.63) is 0 Å². The molecule has 5 atom stereocenters. The molecule has 19 heteroatoms. The van der Waals surface area contributed by atoms with Crippen molar-refractivity contribution in [3.8, 4) is 0 Å². The summed E-state index contributed by atoms with van der Waals surface area (Å²) >= 11 is 0. The number of hydrogen-bond donors (Lipinski definition) is 3. The van der Waals surface area contributed by atoms with Crippen LogP contribution in [0, 0.1) is 11.8 Å². The summed E-state index contributed by atoms with van der Waals surface area (Å²) in [7, 11) is -9.92. The average molecular weight is 1470 g/mol. The van der Waals surface area contributed by atoms with Crippen LogP contribution in [0.25, 0.3) is 0 Å². The smallest absolute Gasteiger partial charge is 0.462 e. The van der Waals surface area contributed by atoms with Crippen LogP contribution in [0.1, 0.15) is 427 Å². The highest BCUT2D eigenvalue weighted by molar-refractivity contribution is 7.47. The molecule has 3 N–H and O–H groups in total. The second-order valence-corrected chi connectivity index (χ2v) is 33.0. The summed E-state index contributed by atoms with van der Waals surface area (Å²) in [6.45, 7) is 9.50. The lowest BCUT2D eigenvalue weighted by atomic mass is 10.0. The average Bonchev–Trinajstić information content (AvgIpc) is 0.944. The van der Waals surface area contributed by atoms with Gasteiger partial charge in [-0.2, -0.15) is 0 Å². The number of phosphoric acid groups is 2. The van der Waals surface area contributed by atoms with E-state index < -0.39 is 97.5 Å². The second-order valence-electron chi connectivity index (χ2n) is 30.1. The number of rotatable bonds is 80. The maximum Gasteiger partial charge on any atom is 0.472 e. The van der Waals surface area contributed by atoms with E-state index in [2.05, 4.69) is 41.5 Å². The number of esters is 4. The van der Waals surface area contributed by atoms with Gasteiger partial charge < -0.3 is 33.8 Å². The van der Waals surface area contributed by atoms with E-state index in [1.807, 2.05) is 0 Å². The van der Waals surface area contributed by atoms with Crippen LogP contribution in [0.2, 0.25) is 0 Å². The summed E-state index contributed by atoms with van der Waals surface area (Å²) in [5, 5.41) is 10.6. The van der Waals surface area contributed by atoms with Crippen molar-refractivity contribution in [3.63, 3.8) is 0 Å². The van der Waals surface area contributed by atoms with Crippen LogP contribution in [-0.2, 0) is 65.4 Å². The summed E-state index contributed by atoms with van der Waals surface area (Å²) < 4.78 is 68.6. The number of carbonyl (C=O) groups is 4. The molecule has 0 aromatic heterocycles. The SMILES string of the molecule is CCCCCCCCCCCCCCCCCCCCCCCC(=O)O[C@H](COC(=O)CCCCCCCCCCCCCCCCCCCCC)COP(=O)(O)OC[C@@H](O)COP(=O)(O)OC[C@@H](COC(=O)CCCCCCCCCC(C)C)OC(=O)CCCCCCCCCC(C)C. The Bertz CT molecular complexity index is 1920. The minimum absolute atomic E-state index is 0.103. The second kappa shape index (κ2) is 72.6. The van der Waals surface area contributed by atoms with Crippen LogP contribution in [0.15, 0.2) is 0 Å². The third-order valence-electron chi connectivity index (χ3n) is 19.0. The van der Waals surface area contributed by atoms with Crippen molar-refractivity contribution in [2.45, 2.75) is 445 Å². The molecule has 0 aromatic rings. The molecule has 0 saturated carbocycles. The first-order valence-corrected chi connectivity index (χ1v) is 45.0. The van der Waals surface area contributed by atoms with E-state index in [1.165, 1.54) is 238 Å². The Labute approximate surface area is 613 Å². The zero-order valence-corrected chi connectivity index (χ0v) is 67.3. The zero-order valence-electron chi connectivity index (χ0n) is 65.5. The predicted molar refractivity (Wildman–Crippen MR) is 409 cm³/mol. The maximum absolute atomic E-state index is 13.1. The van der Waals surface area contributed by atoms with Gasteiger partial charge in [-0.3, -0.25) is 37.3 Å². The van der Waals surface area contributed by atoms with E-state index in [-0.39, 0.29) is 25.7 Å².